The Labute approximate surface area is 504 Å². The first-order valence-electron chi connectivity index (χ1n) is 29.9. The van der Waals surface area contributed by atoms with Crippen molar-refractivity contribution in [3.63, 3.8) is 0 Å². The number of terminal acetylenes is 2. The van der Waals surface area contributed by atoms with E-state index < -0.39 is 80.1 Å². The highest BCUT2D eigenvalue weighted by Gasteiger charge is 2.56. The third-order valence-corrected chi connectivity index (χ3v) is 21.4. The number of hydrogen-bond acceptors (Lipinski definition) is 15. The van der Waals surface area contributed by atoms with Crippen molar-refractivity contribution < 1.29 is 52.8 Å². The highest BCUT2D eigenvalue weighted by molar-refractivity contribution is 7.84. The fourth-order valence-electron chi connectivity index (χ4n) is 15.7. The predicted octanol–water partition coefficient (Wildman–Crippen LogP) is 8.73. The van der Waals surface area contributed by atoms with Crippen LogP contribution in [0.5, 0.6) is 5.75 Å². The lowest BCUT2D eigenvalue weighted by atomic mass is 9.55. The third kappa shape index (κ3) is 13.5. The number of fused-ring (bicyclic) bond motifs is 10. The Morgan fingerprint density at radius 1 is 0.644 bits per heavy atom. The molecule has 87 heavy (non-hydrogen) atoms. The van der Waals surface area contributed by atoms with Crippen LogP contribution < -0.4 is 26.7 Å². The number of ether oxygens (including phenoxy) is 4. The minimum absolute atomic E-state index is 0.00438. The van der Waals surface area contributed by atoms with Crippen molar-refractivity contribution in [2.45, 2.75) is 173 Å². The van der Waals surface area contributed by atoms with Crippen LogP contribution in [0.15, 0.2) is 76.7 Å². The number of aromatic nitrogens is 4. The van der Waals surface area contributed by atoms with Crippen LogP contribution in [0.1, 0.15) is 154 Å². The lowest BCUT2D eigenvalue weighted by molar-refractivity contribution is -0.130. The lowest BCUT2D eigenvalue weighted by Crippen LogP contribution is -2.42. The zero-order valence-electron chi connectivity index (χ0n) is 49.5. The molecule has 2 saturated heterocycles. The van der Waals surface area contributed by atoms with Gasteiger partial charge in [-0.1, -0.05) is 67.2 Å². The molecule has 24 heteroatoms. The Bertz CT molecular complexity index is 3920. The zero-order valence-corrected chi connectivity index (χ0v) is 51.1. The van der Waals surface area contributed by atoms with Crippen LogP contribution in [-0.4, -0.2) is 89.8 Å². The second-order valence-electron chi connectivity index (χ2n) is 25.1. The van der Waals surface area contributed by atoms with Crippen LogP contribution in [0, 0.1) is 80.0 Å². The maximum absolute atomic E-state index is 15.5. The van der Waals surface area contributed by atoms with E-state index in [0.717, 1.165) is 73.3 Å². The average Bonchev–Trinajstić information content (AvgIpc) is 1.76. The summed E-state index contributed by atoms with van der Waals surface area (Å²) in [5.41, 5.74) is 4.64. The summed E-state index contributed by atoms with van der Waals surface area (Å²) in [6, 6.07) is 10.2. The first-order chi connectivity index (χ1) is 41.3. The van der Waals surface area contributed by atoms with Crippen LogP contribution >= 0.6 is 0 Å². The van der Waals surface area contributed by atoms with Gasteiger partial charge in [-0.2, -0.15) is 17.1 Å². The van der Waals surface area contributed by atoms with E-state index in [4.69, 9.17) is 36.0 Å². The van der Waals surface area contributed by atoms with E-state index in [1.807, 2.05) is 6.07 Å². The molecule has 19 nitrogen and oxygen atoms in total. The van der Waals surface area contributed by atoms with Crippen molar-refractivity contribution in [1.29, 1.82) is 0 Å². The summed E-state index contributed by atoms with van der Waals surface area (Å²) in [5, 5.41) is 0. The molecule has 0 amide bonds. The molecule has 2 aliphatic heterocycles. The second-order valence-corrected chi connectivity index (χ2v) is 27.3. The molecule has 468 valence electrons. The minimum atomic E-state index is -5.35. The third-order valence-electron chi connectivity index (χ3n) is 20.0. The maximum Gasteiger partial charge on any atom is 0.377 e. The molecule has 0 radical (unpaired) electrons. The van der Waals surface area contributed by atoms with Crippen LogP contribution in [-0.2, 0) is 62.3 Å². The van der Waals surface area contributed by atoms with Gasteiger partial charge in [-0.15, -0.1) is 12.8 Å². The smallest absolute Gasteiger partial charge is 0.373 e. The monoisotopic (exact) mass is 1240 g/mol. The van der Waals surface area contributed by atoms with Gasteiger partial charge in [-0.3, -0.25) is 38.3 Å². The van der Waals surface area contributed by atoms with Gasteiger partial charge in [-0.05, 0) is 155 Å². The number of ketones is 2. The number of carbonyl (C=O) groups excluding carboxylic acids is 2. The van der Waals surface area contributed by atoms with Crippen molar-refractivity contribution in [3.05, 3.63) is 129 Å². The SMILES string of the molecule is C#CCOC[C@H]1O[C@@H](n2cc(C)c(=O)[nH]c2=O)CC1N=S(=O)(F)F.C#CCOC[C@H]1O[C@@H](n2cc(C)c(=O)[nH]c2=O)CC1N=S(=O)(F)Oc1ccc2c(c1)CC[C@H]1C3CCC(=O)[C@@]3(C)CC[C@H]21.Cc1ccc2c(c1)CC[C@H]1C3CCC(=O)[C@@]3(C)CC[C@H]21. The maximum atomic E-state index is 15.5. The standard InChI is InChI=1S/C31H36FN3O7S.C19H24O.C13H15F2N3O5S/c1-4-13-40-17-26-25(15-28(41-26)35-16-18(2)29(37)33-30(35)38)34-43(32,39)42-20-6-8-21-19(14-20)5-7-23-22(21)11-12-31(3)24(23)9-10-27(31)36;1-12-3-5-14-13(11-12)4-6-16-15(14)9-10-19(2)17(16)7-8-18(19)20;1-3-4-22-7-10-9(17-24(14,15)21)5-11(23-10)18-6-8(2)12(19)16-13(18)20/h1,6,8,14,16,22-26,28H,5,7,9-13,15,17H2,2-3H3,(H,33,37,38);3,5,11,15-17H,4,6-10H2,1-2H3;1,6,9-11H,4-5,7H2,2H3,(H,16,19,20)/t22-,23-,24?,25?,26-,28-,31+,43?;15-,16-,17?,19+;9?,10-,11-/m111/s1. The first kappa shape index (κ1) is 63.6. The number of benzene rings is 2. The molecule has 2 N–H and O–H groups in total. The number of aryl methyl sites for hydroxylation is 5. The molecular formula is C63H75F3N6O13S2. The number of carbonyl (C=O) groups is 2. The molecule has 8 aliphatic rings. The van der Waals surface area contributed by atoms with Crippen molar-refractivity contribution in [2.75, 3.05) is 26.4 Å². The van der Waals surface area contributed by atoms with Crippen molar-refractivity contribution >= 4 is 32.5 Å². The molecule has 12 rings (SSSR count). The Morgan fingerprint density at radius 3 is 1.57 bits per heavy atom. The molecule has 15 atom stereocenters. The van der Waals surface area contributed by atoms with Crippen molar-refractivity contribution in [3.8, 4) is 30.4 Å². The summed E-state index contributed by atoms with van der Waals surface area (Å²) in [4.78, 5) is 76.8. The largest absolute Gasteiger partial charge is 0.377 e. The zero-order chi connectivity index (χ0) is 62.3. The second kappa shape index (κ2) is 25.6. The van der Waals surface area contributed by atoms with Crippen LogP contribution in [0.25, 0.3) is 0 Å². The quantitative estimate of drug-likeness (QED) is 0.0766. The Kier molecular flexibility index (Phi) is 18.7. The van der Waals surface area contributed by atoms with E-state index in [-0.39, 0.29) is 61.4 Å². The van der Waals surface area contributed by atoms with E-state index in [1.54, 1.807) is 30.2 Å². The molecule has 5 unspecified atom stereocenters. The topological polar surface area (TPSA) is 249 Å². The summed E-state index contributed by atoms with van der Waals surface area (Å²) in [6.07, 6.45) is 21.1. The van der Waals surface area contributed by atoms with Gasteiger partial charge in [0.15, 0.2) is 0 Å². The van der Waals surface area contributed by atoms with Crippen molar-refractivity contribution in [2.24, 2.45) is 43.2 Å². The molecule has 4 aromatic rings. The minimum Gasteiger partial charge on any atom is -0.373 e. The lowest BCUT2D eigenvalue weighted by Gasteiger charge is -2.48. The van der Waals surface area contributed by atoms with Gasteiger partial charge >= 0.3 is 32.3 Å². The number of aromatic amines is 2. The number of nitrogens with zero attached hydrogens (tertiary/aromatic N) is 4. The number of hydrogen-bond donors (Lipinski definition) is 2. The number of H-pyrrole nitrogens is 2. The summed E-state index contributed by atoms with van der Waals surface area (Å²) < 4.78 is 101. The Balaban J connectivity index is 0.000000160. The molecule has 4 saturated carbocycles. The van der Waals surface area contributed by atoms with Crippen molar-refractivity contribution in [1.82, 2.24) is 19.1 Å². The van der Waals surface area contributed by atoms with E-state index in [2.05, 4.69) is 69.5 Å². The Morgan fingerprint density at radius 2 is 1.10 bits per heavy atom. The highest BCUT2D eigenvalue weighted by atomic mass is 32.3. The van der Waals surface area contributed by atoms with Gasteiger partial charge in [0, 0.05) is 60.0 Å². The molecule has 2 aromatic carbocycles. The summed E-state index contributed by atoms with van der Waals surface area (Å²) in [5.74, 6) is 8.96. The van der Waals surface area contributed by atoms with E-state index in [0.29, 0.717) is 47.2 Å². The van der Waals surface area contributed by atoms with Gasteiger partial charge in [-0.25, -0.2) is 9.59 Å². The average molecular weight is 1250 g/mol. The molecule has 4 heterocycles. The molecular weight excluding hydrogens is 1170 g/mol. The summed E-state index contributed by atoms with van der Waals surface area (Å²) in [6.45, 7) is 9.31. The van der Waals surface area contributed by atoms with E-state index in [9.17, 15) is 45.0 Å². The Hall–Kier alpha value is -6.41. The van der Waals surface area contributed by atoms with Gasteiger partial charge in [0.2, 0.25) is 0 Å². The molecule has 0 spiro atoms. The fraction of sp³-hybridized carbons (Fsp3) is 0.587. The summed E-state index contributed by atoms with van der Waals surface area (Å²) in [7, 11) is -10.0. The number of rotatable bonds is 12. The predicted molar refractivity (Wildman–Crippen MR) is 318 cm³/mol. The van der Waals surface area contributed by atoms with Gasteiger partial charge < -0.3 is 23.1 Å². The highest BCUT2D eigenvalue weighted by Crippen LogP contribution is 2.61. The molecule has 6 aliphatic carbocycles. The normalized spacial score (nSPS) is 31.7. The number of halogens is 3. The van der Waals surface area contributed by atoms with Gasteiger partial charge in [0.25, 0.3) is 11.1 Å². The van der Waals surface area contributed by atoms with Gasteiger partial charge in [0.05, 0.1) is 25.3 Å². The van der Waals surface area contributed by atoms with E-state index in [1.165, 1.54) is 54.3 Å². The molecule has 0 bridgehead atoms. The first-order valence-corrected chi connectivity index (χ1v) is 32.5. The summed E-state index contributed by atoms with van der Waals surface area (Å²) >= 11 is 0. The molecule has 2 aromatic heterocycles. The van der Waals surface area contributed by atoms with E-state index >= 15 is 3.89 Å². The van der Waals surface area contributed by atoms with Crippen LogP contribution in [0.2, 0.25) is 0 Å². The number of nitrogens with one attached hydrogen (secondary N) is 2. The fourth-order valence-corrected chi connectivity index (χ4v) is 17.2. The van der Waals surface area contributed by atoms with Crippen LogP contribution in [0.3, 0.4) is 0 Å². The molecule has 6 fully saturated rings. The van der Waals surface area contributed by atoms with Crippen LogP contribution in [0.4, 0.5) is 11.7 Å². The van der Waals surface area contributed by atoms with Gasteiger partial charge in [0.1, 0.15) is 55.2 Å². The number of Topliss-reactive ketones (excluding diaryl/α,β-unsaturated/α-hetero) is 2.